The van der Waals surface area contributed by atoms with Gasteiger partial charge in [-0.1, -0.05) is 6.07 Å². The molecule has 0 amide bonds. The predicted molar refractivity (Wildman–Crippen MR) is 82.6 cm³/mol. The van der Waals surface area contributed by atoms with Crippen LogP contribution in [-0.2, 0) is 11.2 Å². The van der Waals surface area contributed by atoms with Crippen LogP contribution >= 0.6 is 0 Å². The number of fused-ring (bicyclic) bond motifs is 1. The molecule has 2 heterocycles. The molecule has 120 valence electrons. The van der Waals surface area contributed by atoms with Crippen molar-refractivity contribution >= 4 is 5.97 Å². The summed E-state index contributed by atoms with van der Waals surface area (Å²) < 4.78 is 12.0. The second-order valence-corrected chi connectivity index (χ2v) is 6.19. The molecule has 5 nitrogen and oxygen atoms in total. The van der Waals surface area contributed by atoms with E-state index < -0.39 is 12.0 Å². The summed E-state index contributed by atoms with van der Waals surface area (Å²) >= 11 is 0. The van der Waals surface area contributed by atoms with Gasteiger partial charge in [0, 0.05) is 25.1 Å². The van der Waals surface area contributed by atoms with Crippen molar-refractivity contribution in [2.24, 2.45) is 0 Å². The summed E-state index contributed by atoms with van der Waals surface area (Å²) in [5.41, 5.74) is 0.890. The molecule has 2 unspecified atom stereocenters. The van der Waals surface area contributed by atoms with E-state index in [1.807, 2.05) is 30.0 Å². The van der Waals surface area contributed by atoms with Crippen molar-refractivity contribution in [3.05, 3.63) is 23.8 Å². The molecule has 2 atom stereocenters. The molecule has 1 fully saturated rings. The zero-order chi connectivity index (χ0) is 15.7. The number of hydrogen-bond donors (Lipinski definition) is 1. The van der Waals surface area contributed by atoms with Crippen LogP contribution in [0, 0.1) is 0 Å². The Hall–Kier alpha value is -1.75. The van der Waals surface area contributed by atoms with Gasteiger partial charge in [-0.25, -0.2) is 0 Å². The summed E-state index contributed by atoms with van der Waals surface area (Å²) in [5.74, 6) is 1.03. The second-order valence-electron chi connectivity index (χ2n) is 6.19. The van der Waals surface area contributed by atoms with Crippen molar-refractivity contribution in [1.29, 1.82) is 0 Å². The Morgan fingerprint density at radius 1 is 1.50 bits per heavy atom. The topological polar surface area (TPSA) is 59.0 Å². The summed E-state index contributed by atoms with van der Waals surface area (Å²) in [5, 5.41) is 9.18. The number of carbonyl (C=O) groups is 1. The van der Waals surface area contributed by atoms with Gasteiger partial charge in [0.15, 0.2) is 0 Å². The van der Waals surface area contributed by atoms with Gasteiger partial charge in [-0.2, -0.15) is 0 Å². The van der Waals surface area contributed by atoms with Gasteiger partial charge in [0.2, 0.25) is 0 Å². The van der Waals surface area contributed by atoms with E-state index in [1.165, 1.54) is 0 Å². The first-order valence-corrected chi connectivity index (χ1v) is 7.95. The van der Waals surface area contributed by atoms with Crippen molar-refractivity contribution in [1.82, 2.24) is 4.90 Å². The number of carboxylic acid groups (broad SMARTS) is 1. The molecule has 0 saturated carbocycles. The highest BCUT2D eigenvalue weighted by Gasteiger charge is 2.45. The minimum absolute atomic E-state index is 0.248. The highest BCUT2D eigenvalue weighted by atomic mass is 16.5. The van der Waals surface area contributed by atoms with Crippen molar-refractivity contribution in [2.75, 3.05) is 19.7 Å². The molecular formula is C17H23NO4. The van der Waals surface area contributed by atoms with Gasteiger partial charge in [0.1, 0.15) is 23.1 Å². The summed E-state index contributed by atoms with van der Waals surface area (Å²) in [4.78, 5) is 13.2. The average Bonchev–Trinajstić information content (AvgIpc) is 2.90. The van der Waals surface area contributed by atoms with Crippen molar-refractivity contribution in [3.63, 3.8) is 0 Å². The van der Waals surface area contributed by atoms with E-state index in [4.69, 9.17) is 9.47 Å². The lowest BCUT2D eigenvalue weighted by Crippen LogP contribution is -2.45. The number of nitrogens with zero attached hydrogens (tertiary/aromatic N) is 1. The molecule has 1 aromatic carbocycles. The van der Waals surface area contributed by atoms with Crippen LogP contribution in [0.15, 0.2) is 18.2 Å². The highest BCUT2D eigenvalue weighted by molar-refractivity contribution is 5.73. The van der Waals surface area contributed by atoms with E-state index in [1.54, 1.807) is 6.92 Å². The van der Waals surface area contributed by atoms with Crippen LogP contribution < -0.4 is 9.47 Å². The molecule has 0 aromatic heterocycles. The third-order valence-electron chi connectivity index (χ3n) is 4.80. The summed E-state index contributed by atoms with van der Waals surface area (Å²) in [7, 11) is 0. The molecule has 1 aromatic rings. The lowest BCUT2D eigenvalue weighted by Gasteiger charge is -2.36. The van der Waals surface area contributed by atoms with E-state index >= 15 is 0 Å². The molecule has 1 N–H and O–H groups in total. The van der Waals surface area contributed by atoms with Gasteiger partial charge in [-0.05, 0) is 38.8 Å². The largest absolute Gasteiger partial charge is 0.493 e. The molecule has 3 rings (SSSR count). The van der Waals surface area contributed by atoms with E-state index in [9.17, 15) is 9.90 Å². The predicted octanol–water partition coefficient (Wildman–Crippen LogP) is 2.33. The maximum Gasteiger partial charge on any atom is 0.320 e. The van der Waals surface area contributed by atoms with Gasteiger partial charge in [-0.15, -0.1) is 0 Å². The zero-order valence-corrected chi connectivity index (χ0v) is 13.2. The van der Waals surface area contributed by atoms with Crippen LogP contribution in [0.2, 0.25) is 0 Å². The number of rotatable bonds is 4. The number of benzene rings is 1. The van der Waals surface area contributed by atoms with Gasteiger partial charge in [0.25, 0.3) is 0 Å². The first kappa shape index (κ1) is 15.2. The third-order valence-corrected chi connectivity index (χ3v) is 4.80. The second kappa shape index (κ2) is 5.80. The van der Waals surface area contributed by atoms with Crippen LogP contribution in [0.3, 0.4) is 0 Å². The van der Waals surface area contributed by atoms with Gasteiger partial charge < -0.3 is 14.6 Å². The Labute approximate surface area is 130 Å². The number of ether oxygens (including phenoxy) is 2. The third kappa shape index (κ3) is 2.65. The van der Waals surface area contributed by atoms with E-state index in [0.717, 1.165) is 42.9 Å². The number of aliphatic carboxylic acids is 1. The van der Waals surface area contributed by atoms with Gasteiger partial charge in [-0.3, -0.25) is 9.69 Å². The highest BCUT2D eigenvalue weighted by Crippen LogP contribution is 2.42. The fourth-order valence-corrected chi connectivity index (χ4v) is 3.47. The molecular weight excluding hydrogens is 282 g/mol. The lowest BCUT2D eigenvalue weighted by molar-refractivity contribution is -0.142. The Morgan fingerprint density at radius 3 is 3.05 bits per heavy atom. The average molecular weight is 305 g/mol. The first-order chi connectivity index (χ1) is 10.5. The molecule has 0 bridgehead atoms. The van der Waals surface area contributed by atoms with Crippen LogP contribution in [-0.4, -0.2) is 47.3 Å². The fourth-order valence-electron chi connectivity index (χ4n) is 3.47. The summed E-state index contributed by atoms with van der Waals surface area (Å²) in [6.07, 6.45) is 2.71. The van der Waals surface area contributed by atoms with Crippen molar-refractivity contribution in [3.8, 4) is 11.5 Å². The molecule has 0 radical (unpaired) electrons. The molecule has 1 saturated heterocycles. The van der Waals surface area contributed by atoms with Gasteiger partial charge >= 0.3 is 5.97 Å². The maximum atomic E-state index is 11.2. The molecule has 22 heavy (non-hydrogen) atoms. The SMILES string of the molecule is CCOc1cccc2c1CCC1(CCN(C(C)C(=O)O)C1)O2. The standard InChI is InChI=1S/C17H23NO4/c1-3-21-14-5-4-6-15-13(14)7-8-17(22-15)9-10-18(11-17)12(2)16(19)20/h4-6,12H,3,7-11H2,1-2H3,(H,19,20). The Bertz CT molecular complexity index is 574. The minimum atomic E-state index is -0.771. The molecule has 5 heteroatoms. The normalized spacial score (nSPS) is 25.5. The lowest BCUT2D eigenvalue weighted by atomic mass is 9.90. The molecule has 2 aliphatic heterocycles. The molecule has 2 aliphatic rings. The smallest absolute Gasteiger partial charge is 0.320 e. The molecule has 1 spiro atoms. The number of carboxylic acids is 1. The molecule has 0 aliphatic carbocycles. The van der Waals surface area contributed by atoms with E-state index in [-0.39, 0.29) is 5.60 Å². The minimum Gasteiger partial charge on any atom is -0.493 e. The van der Waals surface area contributed by atoms with E-state index in [0.29, 0.717) is 13.2 Å². The van der Waals surface area contributed by atoms with Crippen LogP contribution in [0.5, 0.6) is 11.5 Å². The Balaban J connectivity index is 1.78. The summed E-state index contributed by atoms with van der Waals surface area (Å²) in [6.45, 7) is 5.82. The van der Waals surface area contributed by atoms with E-state index in [2.05, 4.69) is 0 Å². The maximum absolute atomic E-state index is 11.2. The first-order valence-electron chi connectivity index (χ1n) is 7.95. The van der Waals surface area contributed by atoms with Crippen LogP contribution in [0.1, 0.15) is 32.3 Å². The van der Waals surface area contributed by atoms with Crippen LogP contribution in [0.4, 0.5) is 0 Å². The number of likely N-dealkylation sites (tertiary alicyclic amines) is 1. The summed E-state index contributed by atoms with van der Waals surface area (Å²) in [6, 6.07) is 5.47. The quantitative estimate of drug-likeness (QED) is 0.925. The Morgan fingerprint density at radius 2 is 2.32 bits per heavy atom. The van der Waals surface area contributed by atoms with Crippen LogP contribution in [0.25, 0.3) is 0 Å². The van der Waals surface area contributed by atoms with Gasteiger partial charge in [0.05, 0.1) is 6.61 Å². The Kier molecular flexibility index (Phi) is 4.00. The zero-order valence-electron chi connectivity index (χ0n) is 13.2. The monoisotopic (exact) mass is 305 g/mol. The van der Waals surface area contributed by atoms with Crippen molar-refractivity contribution in [2.45, 2.75) is 44.8 Å². The fraction of sp³-hybridized carbons (Fsp3) is 0.588. The number of hydrogen-bond acceptors (Lipinski definition) is 4. The van der Waals surface area contributed by atoms with Crippen molar-refractivity contribution < 1.29 is 19.4 Å².